The molecule has 0 aliphatic heterocycles. The molecule has 0 fully saturated rings. The van der Waals surface area contributed by atoms with Crippen LogP contribution in [0.15, 0.2) is 36.7 Å². The summed E-state index contributed by atoms with van der Waals surface area (Å²) in [4.78, 5) is 12.3. The van der Waals surface area contributed by atoms with E-state index in [1.807, 2.05) is 24.3 Å². The number of methoxy groups -OCH3 is 1. The normalized spacial score (nSPS) is 10.7. The van der Waals surface area contributed by atoms with Crippen molar-refractivity contribution in [2.45, 2.75) is 0 Å². The Morgan fingerprint density at radius 1 is 1.05 bits per heavy atom. The van der Waals surface area contributed by atoms with E-state index in [9.17, 15) is 0 Å². The Hall–Kier alpha value is -2.89. The summed E-state index contributed by atoms with van der Waals surface area (Å²) in [6.45, 7) is 0. The summed E-state index contributed by atoms with van der Waals surface area (Å²) in [5, 5.41) is 0.957. The zero-order valence-corrected chi connectivity index (χ0v) is 10.9. The minimum Gasteiger partial charge on any atom is -0.497 e. The lowest BCUT2D eigenvalue weighted by molar-refractivity contribution is 0.415. The molecule has 0 amide bonds. The maximum Gasteiger partial charge on any atom is 0.221 e. The fraction of sp³-hybridized carbons (Fsp3) is 0.0714. The SMILES string of the molecule is COc1ccc2ncc(-c3cnc(N)nc3N)cc2c1. The molecule has 0 radical (unpaired) electrons. The van der Waals surface area contributed by atoms with Crippen LogP contribution in [-0.4, -0.2) is 22.1 Å². The summed E-state index contributed by atoms with van der Waals surface area (Å²) in [5.41, 5.74) is 13.8. The van der Waals surface area contributed by atoms with Crippen LogP contribution in [-0.2, 0) is 0 Å². The highest BCUT2D eigenvalue weighted by Gasteiger charge is 2.07. The molecule has 0 bridgehead atoms. The van der Waals surface area contributed by atoms with Crippen molar-refractivity contribution in [1.29, 1.82) is 0 Å². The standard InChI is InChI=1S/C14H13N5O/c1-20-10-2-3-12-8(5-10)4-9(6-17-12)11-7-18-14(16)19-13(11)15/h2-7H,1H3,(H4,15,16,18,19). The molecule has 2 aromatic heterocycles. The third-order valence-corrected chi connectivity index (χ3v) is 3.04. The number of pyridine rings is 1. The number of aromatic nitrogens is 3. The van der Waals surface area contributed by atoms with Gasteiger partial charge in [-0.2, -0.15) is 4.98 Å². The summed E-state index contributed by atoms with van der Waals surface area (Å²) < 4.78 is 5.21. The zero-order valence-electron chi connectivity index (χ0n) is 10.9. The van der Waals surface area contributed by atoms with Crippen molar-refractivity contribution in [3.05, 3.63) is 36.7 Å². The van der Waals surface area contributed by atoms with E-state index in [2.05, 4.69) is 15.0 Å². The van der Waals surface area contributed by atoms with E-state index >= 15 is 0 Å². The molecule has 3 rings (SSSR count). The molecular formula is C14H13N5O. The second-order valence-corrected chi connectivity index (χ2v) is 4.31. The largest absolute Gasteiger partial charge is 0.497 e. The molecule has 4 N–H and O–H groups in total. The molecule has 6 nitrogen and oxygen atoms in total. The molecule has 2 heterocycles. The van der Waals surface area contributed by atoms with Crippen molar-refractivity contribution < 1.29 is 4.74 Å². The number of fused-ring (bicyclic) bond motifs is 1. The van der Waals surface area contributed by atoms with Gasteiger partial charge in [-0.05, 0) is 24.3 Å². The Morgan fingerprint density at radius 2 is 1.90 bits per heavy atom. The summed E-state index contributed by atoms with van der Waals surface area (Å²) in [5.74, 6) is 1.26. The van der Waals surface area contributed by atoms with E-state index in [4.69, 9.17) is 16.2 Å². The van der Waals surface area contributed by atoms with Gasteiger partial charge in [-0.3, -0.25) is 4.98 Å². The number of anilines is 2. The molecule has 1 aromatic carbocycles. The Kier molecular flexibility index (Phi) is 2.83. The zero-order chi connectivity index (χ0) is 14.1. The Bertz CT molecular complexity index is 788. The van der Waals surface area contributed by atoms with Gasteiger partial charge in [-0.25, -0.2) is 4.98 Å². The van der Waals surface area contributed by atoms with Crippen LogP contribution >= 0.6 is 0 Å². The second kappa shape index (κ2) is 4.65. The lowest BCUT2D eigenvalue weighted by Crippen LogP contribution is -2.01. The van der Waals surface area contributed by atoms with Crippen molar-refractivity contribution in [2.24, 2.45) is 0 Å². The van der Waals surface area contributed by atoms with Crippen molar-refractivity contribution in [1.82, 2.24) is 15.0 Å². The quantitative estimate of drug-likeness (QED) is 0.735. The second-order valence-electron chi connectivity index (χ2n) is 4.31. The number of nitrogens with zero attached hydrogens (tertiary/aromatic N) is 3. The van der Waals surface area contributed by atoms with Gasteiger partial charge in [-0.15, -0.1) is 0 Å². The maximum absolute atomic E-state index is 5.87. The van der Waals surface area contributed by atoms with E-state index in [0.29, 0.717) is 11.4 Å². The minimum absolute atomic E-state index is 0.154. The van der Waals surface area contributed by atoms with Gasteiger partial charge in [0.25, 0.3) is 0 Å². The molecule has 0 saturated heterocycles. The lowest BCUT2D eigenvalue weighted by atomic mass is 10.1. The van der Waals surface area contributed by atoms with Gasteiger partial charge < -0.3 is 16.2 Å². The minimum atomic E-state index is 0.154. The van der Waals surface area contributed by atoms with Gasteiger partial charge in [0.1, 0.15) is 11.6 Å². The fourth-order valence-corrected chi connectivity index (χ4v) is 2.02. The molecular weight excluding hydrogens is 254 g/mol. The van der Waals surface area contributed by atoms with E-state index in [1.54, 1.807) is 19.5 Å². The monoisotopic (exact) mass is 267 g/mol. The van der Waals surface area contributed by atoms with Gasteiger partial charge in [0.05, 0.1) is 12.6 Å². The topological polar surface area (TPSA) is 99.9 Å². The maximum atomic E-state index is 5.87. The molecule has 100 valence electrons. The molecule has 6 heteroatoms. The van der Waals surface area contributed by atoms with Crippen LogP contribution in [0.2, 0.25) is 0 Å². The molecule has 0 unspecified atom stereocenters. The van der Waals surface area contributed by atoms with Gasteiger partial charge >= 0.3 is 0 Å². The van der Waals surface area contributed by atoms with Crippen molar-refractivity contribution in [3.8, 4) is 16.9 Å². The molecule has 0 aliphatic carbocycles. The first-order valence-corrected chi connectivity index (χ1v) is 5.99. The van der Waals surface area contributed by atoms with Crippen LogP contribution in [0.25, 0.3) is 22.0 Å². The average molecular weight is 267 g/mol. The Labute approximate surface area is 115 Å². The number of benzene rings is 1. The summed E-state index contributed by atoms with van der Waals surface area (Å²) in [6, 6.07) is 7.66. The first kappa shape index (κ1) is 12.2. The van der Waals surface area contributed by atoms with Crippen LogP contribution in [0.5, 0.6) is 5.75 Å². The third-order valence-electron chi connectivity index (χ3n) is 3.04. The van der Waals surface area contributed by atoms with Crippen molar-refractivity contribution in [3.63, 3.8) is 0 Å². The fourth-order valence-electron chi connectivity index (χ4n) is 2.02. The molecule has 0 aliphatic rings. The van der Waals surface area contributed by atoms with Gasteiger partial charge in [0.2, 0.25) is 5.95 Å². The highest BCUT2D eigenvalue weighted by atomic mass is 16.5. The van der Waals surface area contributed by atoms with Crippen molar-refractivity contribution in [2.75, 3.05) is 18.6 Å². The van der Waals surface area contributed by atoms with Crippen LogP contribution in [0.1, 0.15) is 0 Å². The third kappa shape index (κ3) is 2.07. The van der Waals surface area contributed by atoms with E-state index < -0.39 is 0 Å². The number of nitrogens with two attached hydrogens (primary N) is 2. The summed E-state index contributed by atoms with van der Waals surface area (Å²) in [7, 11) is 1.63. The highest BCUT2D eigenvalue weighted by Crippen LogP contribution is 2.27. The smallest absolute Gasteiger partial charge is 0.221 e. The van der Waals surface area contributed by atoms with E-state index in [0.717, 1.165) is 22.2 Å². The molecule has 3 aromatic rings. The van der Waals surface area contributed by atoms with Gasteiger partial charge in [0, 0.05) is 28.9 Å². The van der Waals surface area contributed by atoms with Gasteiger partial charge in [0.15, 0.2) is 0 Å². The first-order chi connectivity index (χ1) is 9.67. The number of hydrogen-bond acceptors (Lipinski definition) is 6. The molecule has 0 atom stereocenters. The van der Waals surface area contributed by atoms with E-state index in [-0.39, 0.29) is 5.95 Å². The van der Waals surface area contributed by atoms with Crippen LogP contribution in [0.4, 0.5) is 11.8 Å². The van der Waals surface area contributed by atoms with Gasteiger partial charge in [-0.1, -0.05) is 0 Å². The average Bonchev–Trinajstić information content (AvgIpc) is 2.46. The van der Waals surface area contributed by atoms with Crippen LogP contribution in [0, 0.1) is 0 Å². The molecule has 0 saturated carbocycles. The molecule has 20 heavy (non-hydrogen) atoms. The van der Waals surface area contributed by atoms with Crippen LogP contribution in [0.3, 0.4) is 0 Å². The number of ether oxygens (including phenoxy) is 1. The Balaban J connectivity index is 2.16. The Morgan fingerprint density at radius 3 is 2.65 bits per heavy atom. The summed E-state index contributed by atoms with van der Waals surface area (Å²) >= 11 is 0. The van der Waals surface area contributed by atoms with Crippen LogP contribution < -0.4 is 16.2 Å². The predicted molar refractivity (Wildman–Crippen MR) is 78.1 cm³/mol. The first-order valence-electron chi connectivity index (χ1n) is 5.99. The highest BCUT2D eigenvalue weighted by molar-refractivity contribution is 5.86. The number of nitrogen functional groups attached to an aromatic ring is 2. The van der Waals surface area contributed by atoms with E-state index in [1.165, 1.54) is 0 Å². The lowest BCUT2D eigenvalue weighted by Gasteiger charge is -2.07. The molecule has 0 spiro atoms. The number of hydrogen-bond donors (Lipinski definition) is 2. The number of rotatable bonds is 2. The summed E-state index contributed by atoms with van der Waals surface area (Å²) in [6.07, 6.45) is 3.33. The van der Waals surface area contributed by atoms with Crippen molar-refractivity contribution >= 4 is 22.7 Å². The predicted octanol–water partition coefficient (Wildman–Crippen LogP) is 1.86.